The lowest BCUT2D eigenvalue weighted by Crippen LogP contribution is -2.16. The predicted molar refractivity (Wildman–Crippen MR) is 87.3 cm³/mol. The van der Waals surface area contributed by atoms with Crippen molar-refractivity contribution in [1.29, 1.82) is 0 Å². The third-order valence-corrected chi connectivity index (χ3v) is 3.21. The molecule has 5 nitrogen and oxygen atoms in total. The van der Waals surface area contributed by atoms with E-state index < -0.39 is 0 Å². The molecule has 0 amide bonds. The van der Waals surface area contributed by atoms with Gasteiger partial charge in [0.15, 0.2) is 5.65 Å². The van der Waals surface area contributed by atoms with Gasteiger partial charge in [-0.2, -0.15) is 4.98 Å². The first-order valence-electron chi connectivity index (χ1n) is 6.77. The van der Waals surface area contributed by atoms with Crippen LogP contribution in [0.15, 0.2) is 42.6 Å². The van der Waals surface area contributed by atoms with Crippen LogP contribution in [0.2, 0.25) is 0 Å². The first-order chi connectivity index (χ1) is 10.3. The molecular formula is C16H20FN5. The number of nitrogens with two attached hydrogens (primary N) is 1. The molecule has 2 heterocycles. The van der Waals surface area contributed by atoms with Crippen molar-refractivity contribution in [3.63, 3.8) is 0 Å². The van der Waals surface area contributed by atoms with E-state index in [0.29, 0.717) is 25.3 Å². The number of hydrogen-bond acceptors (Lipinski definition) is 4. The van der Waals surface area contributed by atoms with E-state index in [1.165, 1.54) is 12.1 Å². The highest BCUT2D eigenvalue weighted by Gasteiger charge is 2.11. The monoisotopic (exact) mass is 301 g/mol. The largest absolute Gasteiger partial charge is 0.354 e. The van der Waals surface area contributed by atoms with Crippen molar-refractivity contribution in [3.05, 3.63) is 54.0 Å². The van der Waals surface area contributed by atoms with Crippen LogP contribution in [0.5, 0.6) is 0 Å². The Kier molecular flexibility index (Phi) is 5.06. The van der Waals surface area contributed by atoms with Crippen LogP contribution < -0.4 is 11.1 Å². The zero-order chi connectivity index (χ0) is 14.7. The normalized spacial score (nSPS) is 10.5. The third-order valence-electron chi connectivity index (χ3n) is 3.21. The number of nitrogens with zero attached hydrogens (tertiary/aromatic N) is 3. The average molecular weight is 301 g/mol. The molecule has 1 aromatic carbocycles. The highest BCUT2D eigenvalue weighted by molar-refractivity contribution is 5.74. The van der Waals surface area contributed by atoms with E-state index in [1.54, 1.807) is 18.3 Å². The summed E-state index contributed by atoms with van der Waals surface area (Å²) in [4.78, 5) is 8.74. The number of hydrogen-bond donors (Lipinski definition) is 2. The molecule has 3 rings (SSSR count). The van der Waals surface area contributed by atoms with Gasteiger partial charge in [-0.15, -0.1) is 0 Å². The molecule has 0 unspecified atom stereocenters. The molecule has 3 aromatic rings. The Morgan fingerprint density at radius 3 is 2.68 bits per heavy atom. The molecule has 0 aliphatic carbocycles. The van der Waals surface area contributed by atoms with Crippen LogP contribution in [0.4, 0.5) is 10.3 Å². The summed E-state index contributed by atoms with van der Waals surface area (Å²) in [6.45, 7) is 1.75. The summed E-state index contributed by atoms with van der Waals surface area (Å²) in [5.41, 5.74) is 8.14. The van der Waals surface area contributed by atoms with Crippen molar-refractivity contribution in [2.45, 2.75) is 14.0 Å². The topological polar surface area (TPSA) is 68.8 Å². The number of pyridine rings is 1. The van der Waals surface area contributed by atoms with Crippen molar-refractivity contribution in [3.8, 4) is 0 Å². The van der Waals surface area contributed by atoms with Crippen LogP contribution in [0.25, 0.3) is 11.2 Å². The summed E-state index contributed by atoms with van der Waals surface area (Å²) in [6, 6.07) is 10.3. The summed E-state index contributed by atoms with van der Waals surface area (Å²) in [6.07, 6.45) is 1.71. The summed E-state index contributed by atoms with van der Waals surface area (Å²) >= 11 is 0. The van der Waals surface area contributed by atoms with E-state index in [4.69, 9.17) is 5.73 Å². The molecule has 6 heteroatoms. The number of nitrogens with one attached hydrogen (secondary N) is 1. The van der Waals surface area contributed by atoms with Crippen molar-refractivity contribution < 1.29 is 4.39 Å². The van der Waals surface area contributed by atoms with Gasteiger partial charge in [0.25, 0.3) is 0 Å². The van der Waals surface area contributed by atoms with E-state index in [9.17, 15) is 4.39 Å². The molecule has 0 saturated heterocycles. The number of benzene rings is 1. The molecule has 0 radical (unpaired) electrons. The van der Waals surface area contributed by atoms with E-state index in [1.807, 2.05) is 16.7 Å². The van der Waals surface area contributed by atoms with Gasteiger partial charge in [-0.3, -0.25) is 0 Å². The summed E-state index contributed by atoms with van der Waals surface area (Å²) in [7, 11) is 0. The maximum absolute atomic E-state index is 13.0. The zero-order valence-electron chi connectivity index (χ0n) is 11.5. The molecule has 0 spiro atoms. The maximum atomic E-state index is 13.0. The smallest absolute Gasteiger partial charge is 0.205 e. The lowest BCUT2D eigenvalue weighted by atomic mass is 10.2. The molecule has 0 aliphatic heterocycles. The minimum Gasteiger partial charge on any atom is -0.354 e. The van der Waals surface area contributed by atoms with E-state index in [-0.39, 0.29) is 13.2 Å². The minimum atomic E-state index is -0.239. The zero-order valence-corrected chi connectivity index (χ0v) is 11.5. The fourth-order valence-electron chi connectivity index (χ4n) is 2.21. The van der Waals surface area contributed by atoms with Gasteiger partial charge in [-0.1, -0.05) is 19.6 Å². The fourth-order valence-corrected chi connectivity index (χ4v) is 2.21. The second-order valence-corrected chi connectivity index (χ2v) is 4.71. The molecule has 2 aromatic heterocycles. The number of anilines is 1. The average Bonchev–Trinajstić information content (AvgIpc) is 2.85. The van der Waals surface area contributed by atoms with Crippen LogP contribution in [-0.4, -0.2) is 27.6 Å². The molecule has 3 N–H and O–H groups in total. The Balaban J connectivity index is 0.00000176. The quantitative estimate of drug-likeness (QED) is 0.760. The maximum Gasteiger partial charge on any atom is 0.205 e. The van der Waals surface area contributed by atoms with Crippen LogP contribution in [0, 0.1) is 5.82 Å². The van der Waals surface area contributed by atoms with Gasteiger partial charge in [-0.25, -0.2) is 9.37 Å². The van der Waals surface area contributed by atoms with Gasteiger partial charge in [-0.05, 0) is 29.8 Å². The van der Waals surface area contributed by atoms with E-state index in [0.717, 1.165) is 17.0 Å². The Morgan fingerprint density at radius 2 is 1.95 bits per heavy atom. The van der Waals surface area contributed by atoms with Gasteiger partial charge in [0.2, 0.25) is 5.95 Å². The van der Waals surface area contributed by atoms with Crippen LogP contribution >= 0.6 is 0 Å². The molecule has 0 atom stereocenters. The first-order valence-corrected chi connectivity index (χ1v) is 6.77. The summed E-state index contributed by atoms with van der Waals surface area (Å²) in [5.74, 6) is 0.482. The van der Waals surface area contributed by atoms with E-state index in [2.05, 4.69) is 15.3 Å². The SMILES string of the molecule is C.NCCNc1nc2ncccc2n1Cc1ccc(F)cc1. The highest BCUT2D eigenvalue weighted by atomic mass is 19.1. The Hall–Kier alpha value is -2.47. The Labute approximate surface area is 129 Å². The van der Waals surface area contributed by atoms with Crippen LogP contribution in [0.3, 0.4) is 0 Å². The molecule has 0 bridgehead atoms. The number of fused-ring (bicyclic) bond motifs is 1. The lowest BCUT2D eigenvalue weighted by molar-refractivity contribution is 0.626. The van der Waals surface area contributed by atoms with Crippen LogP contribution in [0.1, 0.15) is 13.0 Å². The predicted octanol–water partition coefficient (Wildman–Crippen LogP) is 2.63. The second-order valence-electron chi connectivity index (χ2n) is 4.71. The van der Waals surface area contributed by atoms with E-state index >= 15 is 0 Å². The molecule has 22 heavy (non-hydrogen) atoms. The first kappa shape index (κ1) is 15.9. The third kappa shape index (κ3) is 3.23. The molecule has 116 valence electrons. The van der Waals surface area contributed by atoms with Crippen molar-refractivity contribution >= 4 is 17.1 Å². The van der Waals surface area contributed by atoms with Gasteiger partial charge in [0.1, 0.15) is 5.82 Å². The Morgan fingerprint density at radius 1 is 1.18 bits per heavy atom. The minimum absolute atomic E-state index is 0. The molecule has 0 aliphatic rings. The standard InChI is InChI=1S/C15H16FN5.CH4/c16-12-5-3-11(4-6-12)10-21-13-2-1-8-18-14(13)20-15(21)19-9-7-17;/h1-6,8H,7,9-10,17H2,(H,18,19,20);1H4. The summed E-state index contributed by atoms with van der Waals surface area (Å²) < 4.78 is 15.0. The summed E-state index contributed by atoms with van der Waals surface area (Å²) in [5, 5.41) is 3.20. The van der Waals surface area contributed by atoms with Gasteiger partial charge >= 0.3 is 0 Å². The number of imidazole rings is 1. The number of rotatable bonds is 5. The Bertz CT molecular complexity index is 736. The molecule has 0 fully saturated rings. The number of halogens is 1. The fraction of sp³-hybridized carbons (Fsp3) is 0.250. The molecular weight excluding hydrogens is 281 g/mol. The van der Waals surface area contributed by atoms with Gasteiger partial charge in [0.05, 0.1) is 12.1 Å². The van der Waals surface area contributed by atoms with Gasteiger partial charge in [0, 0.05) is 19.3 Å². The lowest BCUT2D eigenvalue weighted by Gasteiger charge is -2.10. The van der Waals surface area contributed by atoms with Crippen LogP contribution in [-0.2, 0) is 6.54 Å². The van der Waals surface area contributed by atoms with Crippen molar-refractivity contribution in [2.24, 2.45) is 5.73 Å². The van der Waals surface area contributed by atoms with Gasteiger partial charge < -0.3 is 15.6 Å². The number of aromatic nitrogens is 3. The highest BCUT2D eigenvalue weighted by Crippen LogP contribution is 2.19. The molecule has 0 saturated carbocycles. The van der Waals surface area contributed by atoms with Crippen molar-refractivity contribution in [2.75, 3.05) is 18.4 Å². The van der Waals surface area contributed by atoms with Crippen molar-refractivity contribution in [1.82, 2.24) is 14.5 Å². The second kappa shape index (κ2) is 7.00.